The molecule has 222 valence electrons. The molecule has 9 nitrogen and oxygen atoms in total. The van der Waals surface area contributed by atoms with Crippen molar-refractivity contribution in [2.75, 3.05) is 11.4 Å². The van der Waals surface area contributed by atoms with Gasteiger partial charge in [-0.3, -0.25) is 19.4 Å². The summed E-state index contributed by atoms with van der Waals surface area (Å²) >= 11 is 0. The fourth-order valence-corrected chi connectivity index (χ4v) is 6.47. The average Bonchev–Trinajstić information content (AvgIpc) is 3.69. The van der Waals surface area contributed by atoms with Crippen LogP contribution < -0.4 is 4.90 Å². The third-order valence-corrected chi connectivity index (χ3v) is 8.63. The highest BCUT2D eigenvalue weighted by Gasteiger charge is 2.55. The second-order valence-electron chi connectivity index (χ2n) is 11.5. The zero-order valence-electron chi connectivity index (χ0n) is 23.8. The normalized spacial score (nSPS) is 25.1. The number of benzene rings is 3. The van der Waals surface area contributed by atoms with Gasteiger partial charge in [0.1, 0.15) is 18.2 Å². The number of carbonyl (C=O) groups excluding carboxylic acids is 3. The zero-order chi connectivity index (χ0) is 30.5. The van der Waals surface area contributed by atoms with Gasteiger partial charge in [-0.15, -0.1) is 0 Å². The van der Waals surface area contributed by atoms with Gasteiger partial charge in [0.2, 0.25) is 0 Å². The molecule has 3 aromatic rings. The van der Waals surface area contributed by atoms with E-state index in [2.05, 4.69) is 10.3 Å². The standard InChI is InChI=1S/C33H28F2N6O3/c1-19-5-15-25(16-6-19)40-32(43)29-31(33(40)44)39(38-36-29)18-27(42)41-30(21-9-13-24(35)14-10-21)26-4-2-3-22(28(26)37-41)17-20-7-11-23(34)12-8-20/h5-17,26,29-31H,2-4,18H2,1H3/b22-17+/t26-,29-,30-,31-/m1/s1. The van der Waals surface area contributed by atoms with E-state index in [0.29, 0.717) is 5.69 Å². The van der Waals surface area contributed by atoms with Crippen LogP contribution in [0.3, 0.4) is 0 Å². The van der Waals surface area contributed by atoms with Crippen molar-refractivity contribution in [2.45, 2.75) is 44.3 Å². The first-order chi connectivity index (χ1) is 21.3. The van der Waals surface area contributed by atoms with Crippen LogP contribution in [0.15, 0.2) is 93.8 Å². The van der Waals surface area contributed by atoms with Crippen molar-refractivity contribution in [1.29, 1.82) is 0 Å². The topological polar surface area (TPSA) is 98.0 Å². The van der Waals surface area contributed by atoms with Crippen LogP contribution in [0.25, 0.3) is 6.08 Å². The molecule has 4 aliphatic rings. The molecule has 7 rings (SSSR count). The van der Waals surface area contributed by atoms with E-state index in [-0.39, 0.29) is 18.3 Å². The highest BCUT2D eigenvalue weighted by molar-refractivity contribution is 6.25. The summed E-state index contributed by atoms with van der Waals surface area (Å²) in [4.78, 5) is 41.7. The minimum absolute atomic E-state index is 0.149. The molecule has 3 aromatic carbocycles. The summed E-state index contributed by atoms with van der Waals surface area (Å²) in [6, 6.07) is 16.6. The number of amides is 3. The number of hydrogen-bond acceptors (Lipinski definition) is 7. The summed E-state index contributed by atoms with van der Waals surface area (Å²) in [5, 5.41) is 15.6. The number of imide groups is 1. The molecule has 0 unspecified atom stereocenters. The van der Waals surface area contributed by atoms with Crippen LogP contribution in [0.5, 0.6) is 0 Å². The van der Waals surface area contributed by atoms with Crippen LogP contribution in [0, 0.1) is 24.5 Å². The van der Waals surface area contributed by atoms with Gasteiger partial charge in [0.25, 0.3) is 17.7 Å². The molecule has 3 aliphatic heterocycles. The molecule has 4 atom stereocenters. The summed E-state index contributed by atoms with van der Waals surface area (Å²) in [6.45, 7) is 1.58. The van der Waals surface area contributed by atoms with Gasteiger partial charge in [-0.2, -0.15) is 10.2 Å². The third kappa shape index (κ3) is 4.78. The minimum atomic E-state index is -1.04. The molecule has 0 aromatic heterocycles. The SMILES string of the molecule is Cc1ccc(N2C(=O)[C@@H]3N=NN(CC(=O)N4N=C5/C(=C/c6ccc(F)cc6)CCC[C@H]5[C@H]4c4ccc(F)cc4)[C@H]3C2=O)cc1. The van der Waals surface area contributed by atoms with E-state index in [1.54, 1.807) is 36.4 Å². The molecule has 0 spiro atoms. The van der Waals surface area contributed by atoms with Crippen molar-refractivity contribution in [2.24, 2.45) is 21.4 Å². The second-order valence-corrected chi connectivity index (χ2v) is 11.5. The Labute approximate surface area is 252 Å². The number of hydrogen-bond donors (Lipinski definition) is 0. The third-order valence-electron chi connectivity index (χ3n) is 8.63. The highest BCUT2D eigenvalue weighted by Crippen LogP contribution is 2.45. The second kappa shape index (κ2) is 10.9. The van der Waals surface area contributed by atoms with Crippen molar-refractivity contribution < 1.29 is 23.2 Å². The summed E-state index contributed by atoms with van der Waals surface area (Å²) in [6.07, 6.45) is 4.31. The van der Waals surface area contributed by atoms with E-state index in [0.717, 1.165) is 52.1 Å². The predicted octanol–water partition coefficient (Wildman–Crippen LogP) is 5.39. The number of carbonyl (C=O) groups is 3. The molecule has 3 heterocycles. The van der Waals surface area contributed by atoms with E-state index < -0.39 is 41.7 Å². The molecular weight excluding hydrogens is 566 g/mol. The average molecular weight is 595 g/mol. The molecule has 0 bridgehead atoms. The largest absolute Gasteiger partial charge is 0.271 e. The van der Waals surface area contributed by atoms with Crippen LogP contribution in [0.4, 0.5) is 14.5 Å². The molecule has 2 fully saturated rings. The van der Waals surface area contributed by atoms with Gasteiger partial charge in [0, 0.05) is 5.92 Å². The Kier molecular flexibility index (Phi) is 6.87. The lowest BCUT2D eigenvalue weighted by molar-refractivity contribution is -0.136. The lowest BCUT2D eigenvalue weighted by Crippen LogP contribution is -2.45. The Morgan fingerprint density at radius 1 is 0.909 bits per heavy atom. The van der Waals surface area contributed by atoms with Crippen LogP contribution in [0.1, 0.15) is 42.0 Å². The quantitative estimate of drug-likeness (QED) is 0.370. The van der Waals surface area contributed by atoms with Gasteiger partial charge in [-0.05, 0) is 85.4 Å². The van der Waals surface area contributed by atoms with E-state index in [1.807, 2.05) is 25.1 Å². The predicted molar refractivity (Wildman–Crippen MR) is 158 cm³/mol. The Morgan fingerprint density at radius 3 is 2.30 bits per heavy atom. The molecule has 11 heteroatoms. The van der Waals surface area contributed by atoms with Gasteiger partial charge in [-0.1, -0.05) is 47.2 Å². The van der Waals surface area contributed by atoms with Crippen LogP contribution >= 0.6 is 0 Å². The maximum atomic E-state index is 14.0. The maximum Gasteiger partial charge on any atom is 0.264 e. The zero-order valence-corrected chi connectivity index (χ0v) is 23.8. The monoisotopic (exact) mass is 594 g/mol. The van der Waals surface area contributed by atoms with Crippen LogP contribution in [-0.2, 0) is 14.4 Å². The van der Waals surface area contributed by atoms with E-state index in [1.165, 1.54) is 34.3 Å². The lowest BCUT2D eigenvalue weighted by atomic mass is 9.77. The molecule has 1 saturated carbocycles. The van der Waals surface area contributed by atoms with Crippen LogP contribution in [0.2, 0.25) is 0 Å². The molecule has 1 saturated heterocycles. The molecule has 0 radical (unpaired) electrons. The number of allylic oxidation sites excluding steroid dienone is 1. The summed E-state index contributed by atoms with van der Waals surface area (Å²) in [5.74, 6) is -2.29. The lowest BCUT2D eigenvalue weighted by Gasteiger charge is -2.30. The van der Waals surface area contributed by atoms with Crippen molar-refractivity contribution in [3.8, 4) is 0 Å². The Morgan fingerprint density at radius 2 is 1.59 bits per heavy atom. The van der Waals surface area contributed by atoms with E-state index >= 15 is 0 Å². The fraction of sp³-hybridized carbons (Fsp3) is 0.273. The first kappa shape index (κ1) is 27.8. The number of fused-ring (bicyclic) bond motifs is 2. The van der Waals surface area contributed by atoms with Gasteiger partial charge in [0.15, 0.2) is 12.1 Å². The number of aryl methyl sites for hydroxylation is 1. The van der Waals surface area contributed by atoms with Gasteiger partial charge >= 0.3 is 0 Å². The minimum Gasteiger partial charge on any atom is -0.271 e. The Bertz CT molecular complexity index is 1740. The molecule has 0 N–H and O–H groups in total. The molecule has 1 aliphatic carbocycles. The van der Waals surface area contributed by atoms with Gasteiger partial charge < -0.3 is 0 Å². The number of rotatable bonds is 5. The van der Waals surface area contributed by atoms with E-state index in [9.17, 15) is 23.2 Å². The summed E-state index contributed by atoms with van der Waals surface area (Å²) in [5.41, 5.74) is 4.67. The van der Waals surface area contributed by atoms with Crippen molar-refractivity contribution in [3.63, 3.8) is 0 Å². The summed E-state index contributed by atoms with van der Waals surface area (Å²) < 4.78 is 27.4. The van der Waals surface area contributed by atoms with Crippen LogP contribution in [-0.4, -0.2) is 52.1 Å². The number of hydrazone groups is 1. The molecular formula is C33H28F2N6O3. The van der Waals surface area contributed by atoms with Crippen molar-refractivity contribution in [1.82, 2.24) is 10.0 Å². The van der Waals surface area contributed by atoms with Gasteiger partial charge in [-0.25, -0.2) is 18.7 Å². The molecule has 3 amide bonds. The van der Waals surface area contributed by atoms with E-state index in [4.69, 9.17) is 5.10 Å². The molecule has 44 heavy (non-hydrogen) atoms. The fourth-order valence-electron chi connectivity index (χ4n) is 6.47. The number of anilines is 1. The van der Waals surface area contributed by atoms with Crippen molar-refractivity contribution >= 4 is 35.2 Å². The number of halogens is 2. The maximum absolute atomic E-state index is 14.0. The number of nitrogens with zero attached hydrogens (tertiary/aromatic N) is 6. The Hall–Kier alpha value is -5.06. The first-order valence-corrected chi connectivity index (χ1v) is 14.5. The highest BCUT2D eigenvalue weighted by atomic mass is 19.1. The summed E-state index contributed by atoms with van der Waals surface area (Å²) in [7, 11) is 0. The van der Waals surface area contributed by atoms with Crippen molar-refractivity contribution in [3.05, 3.63) is 107 Å². The Balaban J connectivity index is 1.18. The smallest absolute Gasteiger partial charge is 0.264 e. The first-order valence-electron chi connectivity index (χ1n) is 14.5. The van der Waals surface area contributed by atoms with Gasteiger partial charge in [0.05, 0.1) is 17.4 Å².